The molecule has 1 fully saturated rings. The molecule has 3 aromatic rings. The van der Waals surface area contributed by atoms with Crippen LogP contribution in [0.15, 0.2) is 58.5 Å². The molecule has 1 aliphatic heterocycles. The number of nitriles is 1. The molecule has 2 heterocycles. The van der Waals surface area contributed by atoms with Crippen molar-refractivity contribution in [2.75, 3.05) is 31.7 Å². The summed E-state index contributed by atoms with van der Waals surface area (Å²) in [5, 5.41) is 13.5. The number of hydrogen-bond donors (Lipinski definition) is 2. The number of hydrogen-bond acceptors (Lipinski definition) is 7. The zero-order chi connectivity index (χ0) is 20.3. The van der Waals surface area contributed by atoms with Gasteiger partial charge in [0.05, 0.1) is 34.8 Å². The summed E-state index contributed by atoms with van der Waals surface area (Å²) in [7, 11) is -3.62. The second-order valence-corrected chi connectivity index (χ2v) is 8.27. The number of rotatable bonds is 5. The van der Waals surface area contributed by atoms with E-state index in [1.54, 1.807) is 12.1 Å². The number of para-hydroxylation sites is 2. The monoisotopic (exact) mass is 410 g/mol. The second-order valence-electron chi connectivity index (χ2n) is 6.33. The average Bonchev–Trinajstić information content (AvgIpc) is 3.19. The third-order valence-corrected chi connectivity index (χ3v) is 6.35. The number of nitrogens with one attached hydrogen (secondary N) is 2. The van der Waals surface area contributed by atoms with Crippen LogP contribution >= 0.6 is 0 Å². The van der Waals surface area contributed by atoms with Gasteiger partial charge < -0.3 is 9.72 Å². The van der Waals surface area contributed by atoms with Crippen molar-refractivity contribution in [2.45, 2.75) is 4.90 Å². The molecule has 0 radical (unpaired) electrons. The molecular weight excluding hydrogens is 392 g/mol. The summed E-state index contributed by atoms with van der Waals surface area (Å²) in [5.74, 6) is 0.332. The van der Waals surface area contributed by atoms with E-state index < -0.39 is 10.0 Å². The summed E-state index contributed by atoms with van der Waals surface area (Å²) in [4.78, 5) is 7.55. The van der Waals surface area contributed by atoms with Crippen molar-refractivity contribution < 1.29 is 13.2 Å². The topological polar surface area (TPSA) is 123 Å². The van der Waals surface area contributed by atoms with Gasteiger partial charge in [0, 0.05) is 13.1 Å². The number of aromatic nitrogens is 2. The van der Waals surface area contributed by atoms with E-state index in [2.05, 4.69) is 20.5 Å². The van der Waals surface area contributed by atoms with Crippen LogP contribution in [0.25, 0.3) is 11.0 Å². The molecule has 0 aliphatic carbocycles. The van der Waals surface area contributed by atoms with E-state index in [1.807, 2.05) is 30.3 Å². The van der Waals surface area contributed by atoms with Crippen LogP contribution in [0.5, 0.6) is 0 Å². The molecule has 1 aliphatic rings. The summed E-state index contributed by atoms with van der Waals surface area (Å²) in [6, 6.07) is 15.7. The highest BCUT2D eigenvalue weighted by molar-refractivity contribution is 7.89. The Morgan fingerprint density at radius 2 is 2.00 bits per heavy atom. The molecule has 1 aromatic heterocycles. The summed E-state index contributed by atoms with van der Waals surface area (Å²) < 4.78 is 32.2. The molecular formula is C19H18N6O3S. The van der Waals surface area contributed by atoms with Gasteiger partial charge in [0.1, 0.15) is 6.07 Å². The van der Waals surface area contributed by atoms with Crippen LogP contribution in [-0.4, -0.2) is 54.7 Å². The largest absolute Gasteiger partial charge is 0.379 e. The molecule has 0 saturated carbocycles. The average molecular weight is 410 g/mol. The van der Waals surface area contributed by atoms with Crippen LogP contribution in [0.4, 0.5) is 5.69 Å². The summed E-state index contributed by atoms with van der Waals surface area (Å²) in [6.45, 7) is 1.40. The van der Waals surface area contributed by atoms with Crippen molar-refractivity contribution in [1.29, 1.82) is 5.26 Å². The molecule has 10 heteroatoms. The van der Waals surface area contributed by atoms with Crippen molar-refractivity contribution in [2.24, 2.45) is 5.10 Å². The first kappa shape index (κ1) is 19.1. The van der Waals surface area contributed by atoms with Gasteiger partial charge in [0.2, 0.25) is 15.7 Å². The molecule has 4 rings (SSSR count). The molecule has 29 heavy (non-hydrogen) atoms. The standard InChI is InChI=1S/C19H18N6O3S/c20-13-18(19-21-16-6-1-2-7-17(16)22-19)24-23-14-4-3-5-15(12-14)29(26,27)25-8-10-28-11-9-25/h1-7,12,23H,8-11H2,(H,21,22)/b24-18+. The molecule has 0 amide bonds. The second kappa shape index (κ2) is 8.00. The predicted molar refractivity (Wildman–Crippen MR) is 108 cm³/mol. The van der Waals surface area contributed by atoms with Crippen LogP contribution in [0.1, 0.15) is 5.82 Å². The highest BCUT2D eigenvalue weighted by Crippen LogP contribution is 2.21. The zero-order valence-corrected chi connectivity index (χ0v) is 16.2. The van der Waals surface area contributed by atoms with Crippen molar-refractivity contribution in [3.8, 4) is 6.07 Å². The number of anilines is 1. The Balaban J connectivity index is 1.57. The van der Waals surface area contributed by atoms with Crippen molar-refractivity contribution in [3.63, 3.8) is 0 Å². The van der Waals surface area contributed by atoms with E-state index >= 15 is 0 Å². The van der Waals surface area contributed by atoms with Gasteiger partial charge in [-0.25, -0.2) is 13.4 Å². The molecule has 148 valence electrons. The van der Waals surface area contributed by atoms with E-state index in [-0.39, 0.29) is 10.6 Å². The number of nitrogens with zero attached hydrogens (tertiary/aromatic N) is 4. The maximum Gasteiger partial charge on any atom is 0.243 e. The van der Waals surface area contributed by atoms with Gasteiger partial charge in [-0.1, -0.05) is 18.2 Å². The number of morpholine rings is 1. The molecule has 0 bridgehead atoms. The third kappa shape index (κ3) is 3.97. The third-order valence-electron chi connectivity index (χ3n) is 4.46. The van der Waals surface area contributed by atoms with Crippen molar-refractivity contribution in [1.82, 2.24) is 14.3 Å². The number of benzene rings is 2. The number of aromatic amines is 1. The highest BCUT2D eigenvalue weighted by atomic mass is 32.2. The van der Waals surface area contributed by atoms with Gasteiger partial charge in [-0.15, -0.1) is 0 Å². The van der Waals surface area contributed by atoms with Crippen LogP contribution in [0.2, 0.25) is 0 Å². The van der Waals surface area contributed by atoms with Crippen molar-refractivity contribution >= 4 is 32.5 Å². The minimum atomic E-state index is -3.62. The fourth-order valence-electron chi connectivity index (χ4n) is 2.98. The van der Waals surface area contributed by atoms with Crippen LogP contribution in [0, 0.1) is 11.3 Å². The normalized spacial score (nSPS) is 15.9. The number of H-pyrrole nitrogens is 1. The summed E-state index contributed by atoms with van der Waals surface area (Å²) >= 11 is 0. The Labute approximate surface area is 167 Å². The lowest BCUT2D eigenvalue weighted by atomic mass is 10.3. The Morgan fingerprint density at radius 1 is 1.21 bits per heavy atom. The lowest BCUT2D eigenvalue weighted by molar-refractivity contribution is 0.0730. The van der Waals surface area contributed by atoms with E-state index in [0.717, 1.165) is 11.0 Å². The molecule has 0 spiro atoms. The van der Waals surface area contributed by atoms with Gasteiger partial charge in [-0.2, -0.15) is 14.7 Å². The first-order valence-electron chi connectivity index (χ1n) is 8.95. The van der Waals surface area contributed by atoms with Gasteiger partial charge in [0.15, 0.2) is 5.82 Å². The minimum Gasteiger partial charge on any atom is -0.379 e. The molecule has 1 saturated heterocycles. The van der Waals surface area contributed by atoms with E-state index in [0.29, 0.717) is 37.8 Å². The highest BCUT2D eigenvalue weighted by Gasteiger charge is 2.26. The van der Waals surface area contributed by atoms with E-state index in [9.17, 15) is 13.7 Å². The first-order valence-corrected chi connectivity index (χ1v) is 10.4. The Kier molecular flexibility index (Phi) is 5.26. The smallest absolute Gasteiger partial charge is 0.243 e. The Morgan fingerprint density at radius 3 is 2.76 bits per heavy atom. The molecule has 2 aromatic carbocycles. The maximum atomic E-state index is 12.8. The Hall–Kier alpha value is -3.26. The van der Waals surface area contributed by atoms with Crippen LogP contribution < -0.4 is 5.43 Å². The molecule has 2 N–H and O–H groups in total. The number of fused-ring (bicyclic) bond motifs is 1. The van der Waals surface area contributed by atoms with Crippen LogP contribution in [-0.2, 0) is 14.8 Å². The Bertz CT molecular complexity index is 1170. The molecule has 0 atom stereocenters. The van der Waals surface area contributed by atoms with E-state index in [1.165, 1.54) is 16.4 Å². The molecule has 9 nitrogen and oxygen atoms in total. The van der Waals surface area contributed by atoms with Gasteiger partial charge in [-0.3, -0.25) is 5.43 Å². The van der Waals surface area contributed by atoms with Gasteiger partial charge >= 0.3 is 0 Å². The fraction of sp³-hybridized carbons (Fsp3) is 0.211. The van der Waals surface area contributed by atoms with Crippen LogP contribution in [0.3, 0.4) is 0 Å². The summed E-state index contributed by atoms with van der Waals surface area (Å²) in [5.41, 5.74) is 4.78. The van der Waals surface area contributed by atoms with Crippen molar-refractivity contribution in [3.05, 3.63) is 54.4 Å². The maximum absolute atomic E-state index is 12.8. The lowest BCUT2D eigenvalue weighted by Crippen LogP contribution is -2.40. The van der Waals surface area contributed by atoms with E-state index in [4.69, 9.17) is 4.74 Å². The van der Waals surface area contributed by atoms with Gasteiger partial charge in [-0.05, 0) is 30.3 Å². The number of ether oxygens (including phenoxy) is 1. The van der Waals surface area contributed by atoms with Gasteiger partial charge in [0.25, 0.3) is 0 Å². The first-order chi connectivity index (χ1) is 14.1. The number of sulfonamides is 1. The zero-order valence-electron chi connectivity index (χ0n) is 15.4. The predicted octanol–water partition coefficient (Wildman–Crippen LogP) is 1.92. The SMILES string of the molecule is N#C/C(=N\Nc1cccc(S(=O)(=O)N2CCOCC2)c1)c1nc2ccccc2[nH]1. The fourth-order valence-corrected chi connectivity index (χ4v) is 4.43. The quantitative estimate of drug-likeness (QED) is 0.489. The lowest BCUT2D eigenvalue weighted by Gasteiger charge is -2.26. The minimum absolute atomic E-state index is 0.0580. The molecule has 0 unspecified atom stereocenters. The summed E-state index contributed by atoms with van der Waals surface area (Å²) in [6.07, 6.45) is 0. The number of hydrazone groups is 1. The number of imidazole rings is 1.